The van der Waals surface area contributed by atoms with E-state index in [9.17, 15) is 18.6 Å². The van der Waals surface area contributed by atoms with Gasteiger partial charge in [0.1, 0.15) is 5.75 Å². The fraction of sp³-hybridized carbons (Fsp3) is 0.250. The molecule has 0 amide bonds. The zero-order chi connectivity index (χ0) is 22.7. The number of thioether (sulfide) groups is 1. The van der Waals surface area contributed by atoms with Crippen LogP contribution in [0.25, 0.3) is 10.8 Å². The lowest BCUT2D eigenvalue weighted by Gasteiger charge is -2.29. The van der Waals surface area contributed by atoms with Gasteiger partial charge in [-0.2, -0.15) is 0 Å². The van der Waals surface area contributed by atoms with Gasteiger partial charge in [-0.3, -0.25) is 4.72 Å². The van der Waals surface area contributed by atoms with Crippen LogP contribution in [0.1, 0.15) is 19.3 Å². The molecule has 32 heavy (non-hydrogen) atoms. The first-order valence-corrected chi connectivity index (χ1v) is 12.9. The van der Waals surface area contributed by atoms with Crippen molar-refractivity contribution in [3.05, 3.63) is 66.9 Å². The molecule has 1 fully saturated rings. The second-order valence-corrected chi connectivity index (χ2v) is 10.5. The lowest BCUT2D eigenvalue weighted by molar-refractivity contribution is 0.420. The van der Waals surface area contributed by atoms with Gasteiger partial charge in [0.2, 0.25) is 0 Å². The molecule has 0 saturated carbocycles. The number of benzene rings is 3. The first-order valence-electron chi connectivity index (χ1n) is 10.5. The molecule has 3 aromatic rings. The third-order valence-electron chi connectivity index (χ3n) is 5.47. The molecular formula is C24H26N2O4S2. The van der Waals surface area contributed by atoms with Gasteiger partial charge < -0.3 is 15.1 Å². The van der Waals surface area contributed by atoms with Crippen LogP contribution in [0.3, 0.4) is 0 Å². The van der Waals surface area contributed by atoms with Crippen molar-refractivity contribution < 1.29 is 18.6 Å². The fourth-order valence-electron chi connectivity index (χ4n) is 3.89. The molecule has 0 atom stereocenters. The summed E-state index contributed by atoms with van der Waals surface area (Å²) in [5, 5.41) is 21.2. The molecule has 0 unspecified atom stereocenters. The predicted molar refractivity (Wildman–Crippen MR) is 131 cm³/mol. The van der Waals surface area contributed by atoms with Gasteiger partial charge in [-0.05, 0) is 43.5 Å². The van der Waals surface area contributed by atoms with Crippen molar-refractivity contribution >= 4 is 43.9 Å². The van der Waals surface area contributed by atoms with Crippen molar-refractivity contribution in [2.45, 2.75) is 29.1 Å². The van der Waals surface area contributed by atoms with Crippen molar-refractivity contribution in [2.75, 3.05) is 28.5 Å². The minimum atomic E-state index is -3.86. The average Bonchev–Trinajstić information content (AvgIpc) is 2.80. The molecule has 3 aromatic carbocycles. The quantitative estimate of drug-likeness (QED) is 0.240. The maximum atomic E-state index is 13.3. The highest BCUT2D eigenvalue weighted by molar-refractivity contribution is 7.99. The van der Waals surface area contributed by atoms with Gasteiger partial charge in [-0.1, -0.05) is 36.9 Å². The number of nitrogens with zero attached hydrogens (tertiary/aromatic N) is 1. The number of aromatic hydroxyl groups is 1. The van der Waals surface area contributed by atoms with E-state index in [2.05, 4.69) is 16.2 Å². The van der Waals surface area contributed by atoms with E-state index in [1.807, 2.05) is 6.07 Å². The van der Waals surface area contributed by atoms with Gasteiger partial charge in [0.25, 0.3) is 10.0 Å². The van der Waals surface area contributed by atoms with Crippen molar-refractivity contribution in [2.24, 2.45) is 0 Å². The van der Waals surface area contributed by atoms with Gasteiger partial charge in [0, 0.05) is 29.5 Å². The Morgan fingerprint density at radius 3 is 2.47 bits per heavy atom. The number of nitrogens with one attached hydrogen (secondary N) is 1. The number of piperidine rings is 1. The highest BCUT2D eigenvalue weighted by atomic mass is 32.2. The highest BCUT2D eigenvalue weighted by Gasteiger charge is 2.20. The van der Waals surface area contributed by atoms with Crippen LogP contribution < -0.4 is 9.62 Å². The van der Waals surface area contributed by atoms with Crippen LogP contribution in [0.4, 0.5) is 11.4 Å². The Kier molecular flexibility index (Phi) is 6.53. The molecule has 0 aromatic heterocycles. The smallest absolute Gasteiger partial charge is 0.261 e. The Hall–Kier alpha value is -2.84. The average molecular weight is 471 g/mol. The van der Waals surface area contributed by atoms with Gasteiger partial charge in [-0.15, -0.1) is 11.8 Å². The number of phenols is 1. The van der Waals surface area contributed by atoms with Gasteiger partial charge in [-0.25, -0.2) is 8.42 Å². The Morgan fingerprint density at radius 2 is 1.75 bits per heavy atom. The molecule has 1 aliphatic heterocycles. The number of aliphatic hydroxyl groups excluding tert-OH is 1. The molecule has 1 heterocycles. The maximum absolute atomic E-state index is 13.3. The van der Waals surface area contributed by atoms with E-state index in [1.54, 1.807) is 48.5 Å². The summed E-state index contributed by atoms with van der Waals surface area (Å²) < 4.78 is 29.3. The molecule has 6 nitrogen and oxygen atoms in total. The summed E-state index contributed by atoms with van der Waals surface area (Å²) in [5.74, 6) is 0.205. The number of hydrogen-bond acceptors (Lipinski definition) is 6. The third-order valence-corrected chi connectivity index (χ3v) is 7.93. The highest BCUT2D eigenvalue weighted by Crippen LogP contribution is 2.40. The van der Waals surface area contributed by atoms with Crippen LogP contribution in [-0.4, -0.2) is 37.5 Å². The molecular weight excluding hydrogens is 444 g/mol. The zero-order valence-electron chi connectivity index (χ0n) is 17.6. The zero-order valence-corrected chi connectivity index (χ0v) is 19.3. The van der Waals surface area contributed by atoms with Gasteiger partial charge >= 0.3 is 0 Å². The van der Waals surface area contributed by atoms with Crippen LogP contribution in [0, 0.1) is 0 Å². The lowest BCUT2D eigenvalue weighted by atomic mass is 10.1. The van der Waals surface area contributed by atoms with E-state index in [4.69, 9.17) is 0 Å². The summed E-state index contributed by atoms with van der Waals surface area (Å²) in [4.78, 5) is 2.86. The van der Waals surface area contributed by atoms with Gasteiger partial charge in [0.15, 0.2) is 0 Å². The van der Waals surface area contributed by atoms with Crippen LogP contribution in [-0.2, 0) is 10.0 Å². The molecule has 0 aliphatic carbocycles. The number of rotatable bonds is 7. The van der Waals surface area contributed by atoms with E-state index >= 15 is 0 Å². The number of sulfonamides is 1. The van der Waals surface area contributed by atoms with Crippen molar-refractivity contribution in [3.8, 4) is 5.75 Å². The SMILES string of the molecule is C=C(O)CSc1cc(NS(=O)(=O)c2cccc(N3CCCCC3)c2)c2ccccc2c1O. The van der Waals surface area contributed by atoms with E-state index in [-0.39, 0.29) is 22.2 Å². The molecule has 0 bridgehead atoms. The molecule has 168 valence electrons. The van der Waals surface area contributed by atoms with E-state index in [1.165, 1.54) is 18.2 Å². The molecule has 3 N–H and O–H groups in total. The molecule has 4 rings (SSSR count). The van der Waals surface area contributed by atoms with Crippen molar-refractivity contribution in [1.29, 1.82) is 0 Å². The lowest BCUT2D eigenvalue weighted by Crippen LogP contribution is -2.29. The minimum absolute atomic E-state index is 0.0285. The number of aliphatic hydroxyl groups is 1. The second kappa shape index (κ2) is 9.34. The molecule has 0 radical (unpaired) electrons. The van der Waals surface area contributed by atoms with Crippen molar-refractivity contribution in [3.63, 3.8) is 0 Å². The number of phenolic OH excluding ortho intramolecular Hbond substituents is 1. The standard InChI is InChI=1S/C24H26N2O4S2/c1-17(27)16-31-23-15-22(20-10-3-4-11-21(20)24(23)28)25-32(29,30)19-9-7-8-18(14-19)26-12-5-2-6-13-26/h3-4,7-11,14-15,25,27-28H,1-2,5-6,12-13,16H2. The summed E-state index contributed by atoms with van der Waals surface area (Å²) >= 11 is 1.19. The molecule has 1 saturated heterocycles. The number of hydrogen-bond donors (Lipinski definition) is 3. The first-order chi connectivity index (χ1) is 15.3. The Bertz CT molecular complexity index is 1250. The van der Waals surface area contributed by atoms with E-state index < -0.39 is 10.0 Å². The minimum Gasteiger partial charge on any atom is -0.512 e. The Balaban J connectivity index is 1.70. The summed E-state index contributed by atoms with van der Waals surface area (Å²) in [5.41, 5.74) is 1.27. The van der Waals surface area contributed by atoms with Crippen LogP contribution in [0.15, 0.2) is 76.7 Å². The van der Waals surface area contributed by atoms with Crippen LogP contribution >= 0.6 is 11.8 Å². The molecule has 0 spiro atoms. The second-order valence-electron chi connectivity index (χ2n) is 7.82. The topological polar surface area (TPSA) is 89.9 Å². The van der Waals surface area contributed by atoms with Crippen molar-refractivity contribution in [1.82, 2.24) is 0 Å². The normalized spacial score (nSPS) is 14.4. The predicted octanol–water partition coefficient (Wildman–Crippen LogP) is 5.50. The molecule has 8 heteroatoms. The fourth-order valence-corrected chi connectivity index (χ4v) is 5.77. The largest absolute Gasteiger partial charge is 0.512 e. The third kappa shape index (κ3) is 4.81. The van der Waals surface area contributed by atoms with E-state index in [0.717, 1.165) is 31.6 Å². The first kappa shape index (κ1) is 22.4. The Labute approximate surface area is 192 Å². The summed E-state index contributed by atoms with van der Waals surface area (Å²) in [6.45, 7) is 5.32. The number of anilines is 2. The summed E-state index contributed by atoms with van der Waals surface area (Å²) in [6.07, 6.45) is 3.42. The van der Waals surface area contributed by atoms with Crippen LogP contribution in [0.5, 0.6) is 5.75 Å². The Morgan fingerprint density at radius 1 is 1.03 bits per heavy atom. The summed E-state index contributed by atoms with van der Waals surface area (Å²) in [6, 6.07) is 15.7. The maximum Gasteiger partial charge on any atom is 0.261 e. The molecule has 1 aliphatic rings. The van der Waals surface area contributed by atoms with Gasteiger partial charge in [0.05, 0.1) is 27.0 Å². The van der Waals surface area contributed by atoms with E-state index in [0.29, 0.717) is 21.4 Å². The van der Waals surface area contributed by atoms with Crippen LogP contribution in [0.2, 0.25) is 0 Å². The summed E-state index contributed by atoms with van der Waals surface area (Å²) in [7, 11) is -3.86. The number of fused-ring (bicyclic) bond motifs is 1. The monoisotopic (exact) mass is 470 g/mol.